The first-order chi connectivity index (χ1) is 22.0. The fourth-order valence-corrected chi connectivity index (χ4v) is 7.03. The number of oxime groups is 1. The number of nitrogens with zero attached hydrogens (tertiary/aromatic N) is 6. The van der Waals surface area contributed by atoms with E-state index in [0.717, 1.165) is 27.3 Å². The van der Waals surface area contributed by atoms with E-state index in [1.165, 1.54) is 24.9 Å². The van der Waals surface area contributed by atoms with Gasteiger partial charge in [-0.05, 0) is 12.1 Å². The number of benzene rings is 1. The van der Waals surface area contributed by atoms with Gasteiger partial charge in [0.15, 0.2) is 24.1 Å². The highest BCUT2D eigenvalue weighted by molar-refractivity contribution is 8.00. The average molecular weight is 665 g/mol. The highest BCUT2D eigenvalue weighted by Crippen LogP contribution is 2.40. The molecule has 236 valence electrons. The summed E-state index contributed by atoms with van der Waals surface area (Å²) in [4.78, 5) is 48.3. The van der Waals surface area contributed by atoms with Gasteiger partial charge in [0.2, 0.25) is 11.5 Å². The summed E-state index contributed by atoms with van der Waals surface area (Å²) >= 11 is 2.15. The Bertz CT molecular complexity index is 1990. The molecule has 0 unspecified atom stereocenters. The zero-order valence-corrected chi connectivity index (χ0v) is 25.6. The zero-order chi connectivity index (χ0) is 32.7. The number of hydrogen-bond acceptors (Lipinski definition) is 12. The smallest absolute Gasteiger partial charge is 0.278 e. The molecule has 0 aliphatic carbocycles. The van der Waals surface area contributed by atoms with Crippen molar-refractivity contribution in [3.8, 4) is 0 Å². The fraction of sp³-hybridized carbons (Fsp3) is 0.214. The quantitative estimate of drug-likeness (QED) is 0.0548. The van der Waals surface area contributed by atoms with Gasteiger partial charge in [-0.3, -0.25) is 19.9 Å². The van der Waals surface area contributed by atoms with Gasteiger partial charge in [0.1, 0.15) is 35.7 Å². The molecular formula is C28H25FN10O5S2. The second-order valence-electron chi connectivity index (χ2n) is 10.3. The van der Waals surface area contributed by atoms with Crippen LogP contribution in [0.4, 0.5) is 9.52 Å². The maximum absolute atomic E-state index is 14.7. The van der Waals surface area contributed by atoms with E-state index in [0.29, 0.717) is 16.7 Å². The number of aromatic nitrogens is 4. The number of rotatable bonds is 10. The number of aliphatic carboxylic acids is 1. The first-order valence-corrected chi connectivity index (χ1v) is 15.4. The number of nitrogens with one attached hydrogen (secondary N) is 2. The van der Waals surface area contributed by atoms with Crippen LogP contribution in [0.15, 0.2) is 65.3 Å². The number of β-lactam (4-membered cyclic amide) rings is 1. The summed E-state index contributed by atoms with van der Waals surface area (Å²) in [5, 5.41) is 26.4. The van der Waals surface area contributed by atoms with Gasteiger partial charge in [-0.2, -0.15) is 13.9 Å². The molecule has 1 saturated heterocycles. The maximum atomic E-state index is 14.7. The minimum Gasteiger partial charge on any atom is -0.543 e. The Kier molecular flexibility index (Phi) is 8.13. The Morgan fingerprint density at radius 3 is 2.80 bits per heavy atom. The summed E-state index contributed by atoms with van der Waals surface area (Å²) in [5.41, 5.74) is 12.4. The maximum Gasteiger partial charge on any atom is 0.278 e. The predicted octanol–water partition coefficient (Wildman–Crippen LogP) is -0.711. The van der Waals surface area contributed by atoms with Gasteiger partial charge in [0, 0.05) is 51.6 Å². The summed E-state index contributed by atoms with van der Waals surface area (Å²) in [7, 11) is 1.23. The molecule has 5 heterocycles. The standard InChI is InChI=1S/C28H25FN10O5S2/c1-44-35-19(23-34-28(32)46-36-23)24(40)33-20-25(41)39-21(27(42)43)16(12-45-26(20)39)9-37-6-4-13-5-7-38(18(13)11-37)10-15-3-2-14(22(30)31)8-17(15)29/h2-8,11,20,26H,9-10,12H2,1H3,(H6-,30,31,32,33,34,36,40,42,43)/t20-,26-/m1/s1. The number of hydrogen-bond donors (Lipinski definition) is 4. The third-order valence-corrected chi connectivity index (χ3v) is 9.31. The Morgan fingerprint density at radius 1 is 1.33 bits per heavy atom. The molecule has 0 saturated carbocycles. The molecule has 4 aromatic rings. The molecule has 0 bridgehead atoms. The van der Waals surface area contributed by atoms with Crippen molar-refractivity contribution in [2.45, 2.75) is 24.5 Å². The molecule has 15 nitrogen and oxygen atoms in total. The number of thioether (sulfide) groups is 1. The lowest BCUT2D eigenvalue weighted by molar-refractivity contribution is -0.687. The number of pyridine rings is 1. The van der Waals surface area contributed by atoms with Gasteiger partial charge < -0.3 is 36.1 Å². The van der Waals surface area contributed by atoms with Crippen molar-refractivity contribution in [1.29, 1.82) is 5.41 Å². The molecule has 1 aromatic carbocycles. The van der Waals surface area contributed by atoms with Gasteiger partial charge in [-0.25, -0.2) is 4.39 Å². The molecule has 1 fully saturated rings. The molecule has 2 amide bonds. The van der Waals surface area contributed by atoms with E-state index in [4.69, 9.17) is 21.7 Å². The largest absolute Gasteiger partial charge is 0.543 e. The summed E-state index contributed by atoms with van der Waals surface area (Å²) in [5.74, 6) is -3.48. The lowest BCUT2D eigenvalue weighted by Crippen LogP contribution is -2.71. The second kappa shape index (κ2) is 12.2. The highest BCUT2D eigenvalue weighted by atomic mass is 32.2. The van der Waals surface area contributed by atoms with Gasteiger partial charge in [-0.15, -0.1) is 11.8 Å². The summed E-state index contributed by atoms with van der Waals surface area (Å²) in [6.07, 6.45) is 5.41. The lowest BCUT2D eigenvalue weighted by Gasteiger charge is -2.50. The zero-order valence-electron chi connectivity index (χ0n) is 24.0. The van der Waals surface area contributed by atoms with Gasteiger partial charge >= 0.3 is 0 Å². The fourth-order valence-electron chi connectivity index (χ4n) is 5.26. The number of anilines is 1. The van der Waals surface area contributed by atoms with Gasteiger partial charge in [0.25, 0.3) is 11.8 Å². The van der Waals surface area contributed by atoms with E-state index in [1.54, 1.807) is 22.9 Å². The second-order valence-corrected chi connectivity index (χ2v) is 12.2. The highest BCUT2D eigenvalue weighted by Gasteiger charge is 2.53. The van der Waals surface area contributed by atoms with Crippen LogP contribution >= 0.6 is 23.3 Å². The molecular weight excluding hydrogens is 640 g/mol. The summed E-state index contributed by atoms with van der Waals surface area (Å²) in [6.45, 7) is 0.342. The van der Waals surface area contributed by atoms with E-state index in [9.17, 15) is 23.9 Å². The molecule has 46 heavy (non-hydrogen) atoms. The minimum absolute atomic E-state index is 0.0736. The number of halogens is 1. The number of amidine groups is 1. The van der Waals surface area contributed by atoms with Crippen molar-refractivity contribution in [3.63, 3.8) is 0 Å². The molecule has 2 aliphatic heterocycles. The van der Waals surface area contributed by atoms with E-state index < -0.39 is 35.0 Å². The SMILES string of the molecule is CON=C(C(=O)N[C@@H]1C(=O)N2C(C(=O)[O-])=C(C[n+]3ccc4ccn(Cc5ccc(C(=N)N)cc5F)c4c3)CS[C@H]12)c1nsc(N)n1. The monoisotopic (exact) mass is 664 g/mol. The van der Waals surface area contributed by atoms with Crippen molar-refractivity contribution in [2.75, 3.05) is 18.6 Å². The molecule has 0 radical (unpaired) electrons. The lowest BCUT2D eigenvalue weighted by atomic mass is 10.0. The van der Waals surface area contributed by atoms with Crippen molar-refractivity contribution >= 4 is 68.7 Å². The number of carbonyl (C=O) groups is 3. The van der Waals surface area contributed by atoms with Crippen molar-refractivity contribution in [2.24, 2.45) is 10.9 Å². The Hall–Kier alpha value is -5.36. The van der Waals surface area contributed by atoms with E-state index in [1.807, 2.05) is 29.1 Å². The van der Waals surface area contributed by atoms with Crippen LogP contribution in [0, 0.1) is 11.2 Å². The minimum atomic E-state index is -1.52. The summed E-state index contributed by atoms with van der Waals surface area (Å²) in [6, 6.07) is 7.08. The summed E-state index contributed by atoms with van der Waals surface area (Å²) < 4.78 is 22.3. The molecule has 0 spiro atoms. The van der Waals surface area contributed by atoms with E-state index >= 15 is 0 Å². The third kappa shape index (κ3) is 5.63. The third-order valence-electron chi connectivity index (χ3n) is 7.43. The van der Waals surface area contributed by atoms with Crippen LogP contribution in [0.1, 0.15) is 17.0 Å². The Balaban J connectivity index is 1.21. The van der Waals surface area contributed by atoms with Crippen LogP contribution in [0.3, 0.4) is 0 Å². The number of nitrogens with two attached hydrogens (primary N) is 2. The van der Waals surface area contributed by atoms with Crippen LogP contribution in [0.2, 0.25) is 0 Å². The van der Waals surface area contributed by atoms with Crippen LogP contribution in [-0.2, 0) is 32.3 Å². The topological polar surface area (TPSA) is 222 Å². The molecule has 3 aromatic heterocycles. The normalized spacial score (nSPS) is 17.9. The Morgan fingerprint density at radius 2 is 2.13 bits per heavy atom. The molecule has 2 atom stereocenters. The van der Waals surface area contributed by atoms with Gasteiger partial charge in [0.05, 0.1) is 18.2 Å². The van der Waals surface area contributed by atoms with Crippen LogP contribution < -0.4 is 26.5 Å². The average Bonchev–Trinajstić information content (AvgIpc) is 3.64. The first-order valence-electron chi connectivity index (χ1n) is 13.6. The number of carbonyl (C=O) groups excluding carboxylic acids is 3. The number of fused-ring (bicyclic) bond motifs is 2. The van der Waals surface area contributed by atoms with Crippen molar-refractivity contribution < 1.29 is 33.3 Å². The van der Waals surface area contributed by atoms with E-state index in [2.05, 4.69) is 19.8 Å². The van der Waals surface area contributed by atoms with Crippen molar-refractivity contribution in [1.82, 2.24) is 24.1 Å². The van der Waals surface area contributed by atoms with E-state index in [-0.39, 0.29) is 47.0 Å². The first kappa shape index (κ1) is 30.7. The predicted molar refractivity (Wildman–Crippen MR) is 164 cm³/mol. The van der Waals surface area contributed by atoms with Crippen LogP contribution in [0.5, 0.6) is 0 Å². The molecule has 18 heteroatoms. The van der Waals surface area contributed by atoms with Gasteiger partial charge in [-0.1, -0.05) is 17.3 Å². The number of carboxylic acids is 1. The number of amides is 2. The molecule has 6 N–H and O–H groups in total. The Labute approximate surface area is 268 Å². The number of nitrogen functional groups attached to an aromatic ring is 2. The molecule has 2 aliphatic rings. The molecule has 6 rings (SSSR count). The number of carboxylic acid groups (broad SMARTS) is 1. The van der Waals surface area contributed by atoms with Crippen LogP contribution in [-0.4, -0.2) is 72.4 Å². The van der Waals surface area contributed by atoms with Crippen LogP contribution in [0.25, 0.3) is 10.9 Å². The van der Waals surface area contributed by atoms with Crippen molar-refractivity contribution in [3.05, 3.63) is 83.0 Å².